The third-order valence-corrected chi connectivity index (χ3v) is 5.89. The number of methoxy groups -OCH3 is 1. The number of rotatable bonds is 5. The first-order chi connectivity index (χ1) is 15.7. The van der Waals surface area contributed by atoms with Crippen molar-refractivity contribution in [1.29, 1.82) is 0 Å². The van der Waals surface area contributed by atoms with Crippen molar-refractivity contribution in [1.82, 2.24) is 19.7 Å². The highest BCUT2D eigenvalue weighted by atomic mass is 16.5. The van der Waals surface area contributed by atoms with Crippen LogP contribution >= 0.6 is 0 Å². The summed E-state index contributed by atoms with van der Waals surface area (Å²) in [4.78, 5) is 19.9. The first-order valence-electron chi connectivity index (χ1n) is 10.7. The van der Waals surface area contributed by atoms with Gasteiger partial charge in [-0.25, -0.2) is 9.67 Å². The van der Waals surface area contributed by atoms with Crippen LogP contribution in [0.15, 0.2) is 84.9 Å². The minimum Gasteiger partial charge on any atom is -0.497 e. The van der Waals surface area contributed by atoms with Crippen molar-refractivity contribution in [3.63, 3.8) is 0 Å². The van der Waals surface area contributed by atoms with Crippen LogP contribution < -0.4 is 4.74 Å². The van der Waals surface area contributed by atoms with Gasteiger partial charge in [-0.3, -0.25) is 4.79 Å². The zero-order chi connectivity index (χ0) is 21.9. The van der Waals surface area contributed by atoms with Gasteiger partial charge in [0.05, 0.1) is 12.8 Å². The highest BCUT2D eigenvalue weighted by molar-refractivity contribution is 5.91. The summed E-state index contributed by atoms with van der Waals surface area (Å²) < 4.78 is 7.00. The van der Waals surface area contributed by atoms with E-state index < -0.39 is 0 Å². The second kappa shape index (κ2) is 8.67. The van der Waals surface area contributed by atoms with Crippen molar-refractivity contribution >= 4 is 5.91 Å². The maximum atomic E-state index is 13.3. The van der Waals surface area contributed by atoms with E-state index >= 15 is 0 Å². The van der Waals surface area contributed by atoms with Crippen LogP contribution in [0.25, 0.3) is 17.1 Å². The smallest absolute Gasteiger partial charge is 0.293 e. The Morgan fingerprint density at radius 2 is 1.62 bits per heavy atom. The molecule has 1 aliphatic rings. The fourth-order valence-electron chi connectivity index (χ4n) is 4.16. The Hall–Kier alpha value is -3.93. The molecule has 1 fully saturated rings. The lowest BCUT2D eigenvalue weighted by Crippen LogP contribution is -2.29. The van der Waals surface area contributed by atoms with Gasteiger partial charge in [0.25, 0.3) is 5.91 Å². The Morgan fingerprint density at radius 1 is 0.938 bits per heavy atom. The largest absolute Gasteiger partial charge is 0.497 e. The number of benzene rings is 3. The summed E-state index contributed by atoms with van der Waals surface area (Å²) in [7, 11) is 1.63. The normalized spacial score (nSPS) is 15.7. The number of hydrogen-bond acceptors (Lipinski definition) is 4. The monoisotopic (exact) mass is 424 g/mol. The van der Waals surface area contributed by atoms with Crippen molar-refractivity contribution < 1.29 is 9.53 Å². The van der Waals surface area contributed by atoms with Gasteiger partial charge < -0.3 is 9.64 Å². The molecule has 0 bridgehead atoms. The molecule has 2 heterocycles. The number of hydrogen-bond donors (Lipinski definition) is 0. The van der Waals surface area contributed by atoms with Gasteiger partial charge in [-0.05, 0) is 36.2 Å². The third-order valence-electron chi connectivity index (χ3n) is 5.89. The van der Waals surface area contributed by atoms with Crippen LogP contribution in [0.3, 0.4) is 0 Å². The molecule has 0 radical (unpaired) electrons. The molecule has 4 aromatic rings. The molecule has 1 unspecified atom stereocenters. The molecule has 5 rings (SSSR count). The highest BCUT2D eigenvalue weighted by Crippen LogP contribution is 2.28. The number of carbonyl (C=O) groups is 1. The van der Waals surface area contributed by atoms with Gasteiger partial charge in [-0.2, -0.15) is 0 Å². The summed E-state index contributed by atoms with van der Waals surface area (Å²) >= 11 is 0. The van der Waals surface area contributed by atoms with E-state index in [4.69, 9.17) is 4.74 Å². The zero-order valence-electron chi connectivity index (χ0n) is 17.9. The predicted octanol–water partition coefficient (Wildman–Crippen LogP) is 4.57. The van der Waals surface area contributed by atoms with Crippen LogP contribution in [0.1, 0.15) is 28.5 Å². The van der Waals surface area contributed by atoms with Crippen molar-refractivity contribution in [3.8, 4) is 22.8 Å². The molecule has 1 saturated heterocycles. The van der Waals surface area contributed by atoms with Gasteiger partial charge in [0.2, 0.25) is 5.82 Å². The summed E-state index contributed by atoms with van der Waals surface area (Å²) in [5.41, 5.74) is 2.99. The maximum absolute atomic E-state index is 13.3. The van der Waals surface area contributed by atoms with E-state index in [-0.39, 0.29) is 11.7 Å². The Balaban J connectivity index is 1.46. The van der Waals surface area contributed by atoms with Crippen LogP contribution in [-0.4, -0.2) is 45.8 Å². The van der Waals surface area contributed by atoms with Crippen LogP contribution in [0, 0.1) is 0 Å². The topological polar surface area (TPSA) is 60.3 Å². The Labute approximate surface area is 187 Å². The van der Waals surface area contributed by atoms with Gasteiger partial charge in [0.1, 0.15) is 5.75 Å². The molecule has 3 aromatic carbocycles. The molecule has 6 heteroatoms. The zero-order valence-corrected chi connectivity index (χ0v) is 17.9. The molecular weight excluding hydrogens is 400 g/mol. The summed E-state index contributed by atoms with van der Waals surface area (Å²) in [6.07, 6.45) is 0.945. The molecule has 32 heavy (non-hydrogen) atoms. The van der Waals surface area contributed by atoms with E-state index in [1.54, 1.807) is 11.8 Å². The average Bonchev–Trinajstić information content (AvgIpc) is 3.53. The van der Waals surface area contributed by atoms with Gasteiger partial charge in [0, 0.05) is 24.6 Å². The molecule has 6 nitrogen and oxygen atoms in total. The minimum atomic E-state index is -0.132. The van der Waals surface area contributed by atoms with Gasteiger partial charge in [0.15, 0.2) is 5.82 Å². The van der Waals surface area contributed by atoms with Crippen LogP contribution in [0.5, 0.6) is 5.75 Å². The average molecular weight is 425 g/mol. The first-order valence-corrected chi connectivity index (χ1v) is 10.7. The van der Waals surface area contributed by atoms with Crippen molar-refractivity contribution in [2.75, 3.05) is 20.2 Å². The Kier molecular flexibility index (Phi) is 5.42. The summed E-state index contributed by atoms with van der Waals surface area (Å²) in [5.74, 6) is 1.83. The first kappa shape index (κ1) is 20.0. The lowest BCUT2D eigenvalue weighted by atomic mass is 9.99. The second-order valence-electron chi connectivity index (χ2n) is 7.88. The molecular formula is C26H24N4O2. The summed E-state index contributed by atoms with van der Waals surface area (Å²) in [6, 6.07) is 27.7. The van der Waals surface area contributed by atoms with Gasteiger partial charge >= 0.3 is 0 Å². The molecule has 1 amide bonds. The number of ether oxygens (including phenoxy) is 1. The van der Waals surface area contributed by atoms with Gasteiger partial charge in [-0.15, -0.1) is 5.10 Å². The van der Waals surface area contributed by atoms with Gasteiger partial charge in [-0.1, -0.05) is 60.7 Å². The van der Waals surface area contributed by atoms with Crippen molar-refractivity contribution in [2.24, 2.45) is 0 Å². The number of aromatic nitrogens is 3. The lowest BCUT2D eigenvalue weighted by molar-refractivity contribution is 0.0779. The summed E-state index contributed by atoms with van der Waals surface area (Å²) in [6.45, 7) is 1.39. The quantitative estimate of drug-likeness (QED) is 0.471. The maximum Gasteiger partial charge on any atom is 0.293 e. The second-order valence-corrected chi connectivity index (χ2v) is 7.88. The number of nitrogens with zero attached hydrogens (tertiary/aromatic N) is 4. The minimum absolute atomic E-state index is 0.132. The number of amides is 1. The third kappa shape index (κ3) is 3.87. The number of carbonyl (C=O) groups excluding carboxylic acids is 1. The summed E-state index contributed by atoms with van der Waals surface area (Å²) in [5, 5.41) is 4.63. The van der Waals surface area contributed by atoms with Crippen molar-refractivity contribution in [3.05, 3.63) is 96.3 Å². The fraction of sp³-hybridized carbons (Fsp3) is 0.192. The van der Waals surface area contributed by atoms with E-state index in [1.807, 2.05) is 77.7 Å². The molecule has 0 aliphatic carbocycles. The predicted molar refractivity (Wildman–Crippen MR) is 123 cm³/mol. The Morgan fingerprint density at radius 3 is 2.31 bits per heavy atom. The van der Waals surface area contributed by atoms with Crippen LogP contribution in [0.4, 0.5) is 0 Å². The molecule has 1 aromatic heterocycles. The van der Waals surface area contributed by atoms with E-state index in [0.29, 0.717) is 24.8 Å². The molecule has 160 valence electrons. The fourth-order valence-corrected chi connectivity index (χ4v) is 4.16. The van der Waals surface area contributed by atoms with E-state index in [9.17, 15) is 4.79 Å². The lowest BCUT2D eigenvalue weighted by Gasteiger charge is -2.14. The van der Waals surface area contributed by atoms with Crippen molar-refractivity contribution in [2.45, 2.75) is 12.3 Å². The molecule has 1 atom stereocenters. The molecule has 0 saturated carbocycles. The van der Waals surface area contributed by atoms with E-state index in [2.05, 4.69) is 22.2 Å². The van der Waals surface area contributed by atoms with E-state index in [1.165, 1.54) is 5.56 Å². The van der Waals surface area contributed by atoms with Crippen LogP contribution in [0.2, 0.25) is 0 Å². The highest BCUT2D eigenvalue weighted by Gasteiger charge is 2.30. The Bertz CT molecular complexity index is 1200. The molecule has 0 N–H and O–H groups in total. The standard InChI is InChI=1S/C26H24N4O2/c1-32-23-14-12-22(13-15-23)30-25(20-10-6-3-7-11-20)27-24(28-30)26(31)29-17-16-21(18-29)19-8-4-2-5-9-19/h2-15,21H,16-18H2,1H3. The molecule has 1 aliphatic heterocycles. The SMILES string of the molecule is COc1ccc(-n2nc(C(=O)N3CCC(c4ccccc4)C3)nc2-c2ccccc2)cc1. The van der Waals surface area contributed by atoms with Crippen LogP contribution in [-0.2, 0) is 0 Å². The number of likely N-dealkylation sites (tertiary alicyclic amines) is 1. The molecule has 0 spiro atoms. The van der Waals surface area contributed by atoms with E-state index in [0.717, 1.165) is 23.4 Å².